The number of halogens is 1. The summed E-state index contributed by atoms with van der Waals surface area (Å²) in [5.74, 6) is 0.126. The average molecular weight is 336 g/mol. The molecule has 2 aromatic rings. The number of nitrogen functional groups attached to an aromatic ring is 1. The number of anilines is 1. The summed E-state index contributed by atoms with van der Waals surface area (Å²) in [6.07, 6.45) is 0. The molecule has 0 aliphatic rings. The first-order valence-corrected chi connectivity index (χ1v) is 6.81. The molecule has 4 nitrogen and oxygen atoms in total. The van der Waals surface area contributed by atoms with Gasteiger partial charge in [0.25, 0.3) is 0 Å². The Morgan fingerprint density at radius 2 is 1.90 bits per heavy atom. The number of nitrogens with two attached hydrogens (primary N) is 1. The Labute approximate surface area is 125 Å². The second kappa shape index (κ2) is 6.96. The van der Waals surface area contributed by atoms with E-state index in [0.717, 1.165) is 10.0 Å². The smallest absolute Gasteiger partial charge is 0.344 e. The van der Waals surface area contributed by atoms with Crippen molar-refractivity contribution in [2.24, 2.45) is 0 Å². The fourth-order valence-electron chi connectivity index (χ4n) is 1.53. The number of hydrogen-bond acceptors (Lipinski definition) is 4. The maximum Gasteiger partial charge on any atom is 0.344 e. The van der Waals surface area contributed by atoms with E-state index < -0.39 is 5.97 Å². The van der Waals surface area contributed by atoms with Gasteiger partial charge in [0.15, 0.2) is 6.61 Å². The van der Waals surface area contributed by atoms with Gasteiger partial charge in [-0.05, 0) is 29.8 Å². The van der Waals surface area contributed by atoms with Gasteiger partial charge >= 0.3 is 5.97 Å². The molecule has 0 saturated heterocycles. The topological polar surface area (TPSA) is 61.5 Å². The highest BCUT2D eigenvalue weighted by Crippen LogP contribution is 2.14. The lowest BCUT2D eigenvalue weighted by molar-refractivity contribution is -0.147. The standard InChI is InChI=1S/C15H14BrNO3/c16-12-6-4-11(5-7-12)9-20-15(18)10-19-14-3-1-2-13(17)8-14/h1-8H,9-10,17H2. The van der Waals surface area contributed by atoms with Gasteiger partial charge in [0, 0.05) is 16.2 Å². The highest BCUT2D eigenvalue weighted by atomic mass is 79.9. The summed E-state index contributed by atoms with van der Waals surface area (Å²) in [5.41, 5.74) is 7.12. The lowest BCUT2D eigenvalue weighted by Gasteiger charge is -2.07. The Balaban J connectivity index is 1.77. The molecule has 104 valence electrons. The summed E-state index contributed by atoms with van der Waals surface area (Å²) in [5, 5.41) is 0. The fourth-order valence-corrected chi connectivity index (χ4v) is 1.80. The van der Waals surface area contributed by atoms with Gasteiger partial charge in [-0.2, -0.15) is 0 Å². The third-order valence-corrected chi connectivity index (χ3v) is 3.06. The molecule has 0 unspecified atom stereocenters. The van der Waals surface area contributed by atoms with E-state index in [9.17, 15) is 4.79 Å². The van der Waals surface area contributed by atoms with Crippen LogP contribution in [0.2, 0.25) is 0 Å². The summed E-state index contributed by atoms with van der Waals surface area (Å²) >= 11 is 3.34. The lowest BCUT2D eigenvalue weighted by atomic mass is 10.2. The lowest BCUT2D eigenvalue weighted by Crippen LogP contribution is -2.14. The van der Waals surface area contributed by atoms with Gasteiger partial charge in [0.05, 0.1) is 0 Å². The van der Waals surface area contributed by atoms with Crippen molar-refractivity contribution in [1.29, 1.82) is 0 Å². The Morgan fingerprint density at radius 1 is 1.15 bits per heavy atom. The molecule has 5 heteroatoms. The van der Waals surface area contributed by atoms with Crippen molar-refractivity contribution in [2.75, 3.05) is 12.3 Å². The number of benzene rings is 2. The van der Waals surface area contributed by atoms with Crippen molar-refractivity contribution in [3.8, 4) is 5.75 Å². The minimum absolute atomic E-state index is 0.139. The molecule has 0 radical (unpaired) electrons. The molecular weight excluding hydrogens is 322 g/mol. The largest absolute Gasteiger partial charge is 0.482 e. The van der Waals surface area contributed by atoms with E-state index >= 15 is 0 Å². The van der Waals surface area contributed by atoms with Crippen LogP contribution in [0.25, 0.3) is 0 Å². The van der Waals surface area contributed by atoms with E-state index in [0.29, 0.717) is 11.4 Å². The molecule has 0 saturated carbocycles. The molecular formula is C15H14BrNO3. The van der Waals surface area contributed by atoms with E-state index in [1.54, 1.807) is 24.3 Å². The Morgan fingerprint density at radius 3 is 2.60 bits per heavy atom. The predicted molar refractivity (Wildman–Crippen MR) is 80.3 cm³/mol. The summed E-state index contributed by atoms with van der Waals surface area (Å²) < 4.78 is 11.4. The van der Waals surface area contributed by atoms with Crippen molar-refractivity contribution in [2.45, 2.75) is 6.61 Å². The highest BCUT2D eigenvalue weighted by molar-refractivity contribution is 9.10. The third-order valence-electron chi connectivity index (χ3n) is 2.53. The van der Waals surface area contributed by atoms with Crippen LogP contribution in [0.1, 0.15) is 5.56 Å². The molecule has 0 bridgehead atoms. The monoisotopic (exact) mass is 335 g/mol. The van der Waals surface area contributed by atoms with Crippen LogP contribution in [-0.2, 0) is 16.1 Å². The van der Waals surface area contributed by atoms with Gasteiger partial charge in [-0.25, -0.2) is 4.79 Å². The zero-order valence-electron chi connectivity index (χ0n) is 10.7. The fraction of sp³-hybridized carbons (Fsp3) is 0.133. The minimum atomic E-state index is -0.421. The van der Waals surface area contributed by atoms with Crippen molar-refractivity contribution < 1.29 is 14.3 Å². The van der Waals surface area contributed by atoms with E-state index in [1.807, 2.05) is 24.3 Å². The number of hydrogen-bond donors (Lipinski definition) is 1. The van der Waals surface area contributed by atoms with E-state index in [4.69, 9.17) is 15.2 Å². The number of carbonyl (C=O) groups is 1. The van der Waals surface area contributed by atoms with Crippen molar-refractivity contribution >= 4 is 27.6 Å². The molecule has 0 atom stereocenters. The molecule has 0 aliphatic carbocycles. The zero-order valence-corrected chi connectivity index (χ0v) is 12.3. The number of carbonyl (C=O) groups excluding carboxylic acids is 1. The first-order valence-electron chi connectivity index (χ1n) is 6.02. The van der Waals surface area contributed by atoms with Crippen molar-refractivity contribution in [3.05, 3.63) is 58.6 Å². The predicted octanol–water partition coefficient (Wildman–Crippen LogP) is 3.15. The highest BCUT2D eigenvalue weighted by Gasteiger charge is 2.05. The molecule has 0 aromatic heterocycles. The maximum atomic E-state index is 11.6. The molecule has 2 rings (SSSR count). The molecule has 0 aliphatic heterocycles. The second-order valence-corrected chi connectivity index (χ2v) is 5.06. The molecule has 0 fully saturated rings. The number of esters is 1. The van der Waals surface area contributed by atoms with Crippen molar-refractivity contribution in [3.63, 3.8) is 0 Å². The molecule has 0 heterocycles. The molecule has 2 aromatic carbocycles. The van der Waals surface area contributed by atoms with Gasteiger partial charge < -0.3 is 15.2 Å². The Kier molecular flexibility index (Phi) is 5.01. The Hall–Kier alpha value is -2.01. The average Bonchev–Trinajstić information content (AvgIpc) is 2.45. The summed E-state index contributed by atoms with van der Waals surface area (Å²) in [6, 6.07) is 14.5. The quantitative estimate of drug-likeness (QED) is 0.673. The van der Waals surface area contributed by atoms with Crippen LogP contribution >= 0.6 is 15.9 Å². The van der Waals surface area contributed by atoms with Gasteiger partial charge in [-0.15, -0.1) is 0 Å². The second-order valence-electron chi connectivity index (χ2n) is 4.15. The first-order chi connectivity index (χ1) is 9.63. The van der Waals surface area contributed by atoms with Gasteiger partial charge in [-0.3, -0.25) is 0 Å². The van der Waals surface area contributed by atoms with Crippen LogP contribution in [0.5, 0.6) is 5.75 Å². The Bertz CT molecular complexity index is 584. The van der Waals surface area contributed by atoms with E-state index in [1.165, 1.54) is 0 Å². The van der Waals surface area contributed by atoms with Crippen molar-refractivity contribution in [1.82, 2.24) is 0 Å². The van der Waals surface area contributed by atoms with Gasteiger partial charge in [-0.1, -0.05) is 34.1 Å². The van der Waals surface area contributed by atoms with E-state index in [2.05, 4.69) is 15.9 Å². The van der Waals surface area contributed by atoms with E-state index in [-0.39, 0.29) is 13.2 Å². The van der Waals surface area contributed by atoms with Crippen LogP contribution in [-0.4, -0.2) is 12.6 Å². The molecule has 0 amide bonds. The maximum absolute atomic E-state index is 11.6. The van der Waals surface area contributed by atoms with Crippen LogP contribution in [0, 0.1) is 0 Å². The minimum Gasteiger partial charge on any atom is -0.482 e. The normalized spacial score (nSPS) is 10.1. The zero-order chi connectivity index (χ0) is 14.4. The molecule has 2 N–H and O–H groups in total. The summed E-state index contributed by atoms with van der Waals surface area (Å²) in [6.45, 7) is 0.0897. The third kappa shape index (κ3) is 4.59. The number of rotatable bonds is 5. The first kappa shape index (κ1) is 14.4. The van der Waals surface area contributed by atoms with Crippen LogP contribution < -0.4 is 10.5 Å². The van der Waals surface area contributed by atoms with Crippen LogP contribution in [0.15, 0.2) is 53.0 Å². The molecule has 20 heavy (non-hydrogen) atoms. The number of ether oxygens (including phenoxy) is 2. The van der Waals surface area contributed by atoms with Crippen LogP contribution in [0.4, 0.5) is 5.69 Å². The van der Waals surface area contributed by atoms with Crippen LogP contribution in [0.3, 0.4) is 0 Å². The SMILES string of the molecule is Nc1cccc(OCC(=O)OCc2ccc(Br)cc2)c1. The summed E-state index contributed by atoms with van der Waals surface area (Å²) in [4.78, 5) is 11.6. The van der Waals surface area contributed by atoms with Gasteiger partial charge in [0.2, 0.25) is 0 Å². The summed E-state index contributed by atoms with van der Waals surface area (Å²) in [7, 11) is 0. The molecule has 0 spiro atoms. The van der Waals surface area contributed by atoms with Gasteiger partial charge in [0.1, 0.15) is 12.4 Å².